The maximum Gasteiger partial charge on any atom is 0.256 e. The third-order valence-electron chi connectivity index (χ3n) is 7.56. The number of rotatable bonds is 14. The number of hydrogen-bond donors (Lipinski definition) is 3. The van der Waals surface area contributed by atoms with Crippen molar-refractivity contribution in [1.29, 1.82) is 0 Å². The molecule has 1 aliphatic carbocycles. The largest absolute Gasteiger partial charge is 0.396 e. The number of anilines is 3. The van der Waals surface area contributed by atoms with Gasteiger partial charge in [-0.05, 0) is 52.0 Å². The molecule has 4 aromatic heterocycles. The van der Waals surface area contributed by atoms with E-state index in [1.54, 1.807) is 18.5 Å². The Bertz CT molecular complexity index is 1670. The molecule has 0 atom stereocenters. The molecular weight excluding hydrogens is 572 g/mol. The quantitative estimate of drug-likeness (QED) is 0.191. The zero-order valence-corrected chi connectivity index (χ0v) is 25.0. The van der Waals surface area contributed by atoms with Gasteiger partial charge in [0, 0.05) is 49.0 Å². The van der Waals surface area contributed by atoms with E-state index in [1.165, 1.54) is 12.4 Å². The number of aromatic nitrogens is 7. The Morgan fingerprint density at radius 1 is 1.16 bits per heavy atom. The van der Waals surface area contributed by atoms with Crippen molar-refractivity contribution < 1.29 is 18.3 Å². The van der Waals surface area contributed by atoms with Crippen LogP contribution < -0.4 is 10.6 Å². The van der Waals surface area contributed by atoms with Crippen LogP contribution in [0.1, 0.15) is 19.3 Å². The second-order valence-corrected chi connectivity index (χ2v) is 13.5. The lowest BCUT2D eigenvalue weighted by Gasteiger charge is -2.40. The van der Waals surface area contributed by atoms with Gasteiger partial charge in [-0.1, -0.05) is 0 Å². The van der Waals surface area contributed by atoms with Crippen LogP contribution in [0.2, 0.25) is 0 Å². The third kappa shape index (κ3) is 6.54. The average Bonchev–Trinajstić information content (AvgIpc) is 3.53. The molecule has 0 aromatic carbocycles. The van der Waals surface area contributed by atoms with E-state index in [0.29, 0.717) is 55.6 Å². The molecule has 14 nitrogen and oxygen atoms in total. The van der Waals surface area contributed by atoms with Crippen molar-refractivity contribution in [3.8, 4) is 22.6 Å². The molecule has 3 N–H and O–H groups in total. The van der Waals surface area contributed by atoms with E-state index in [2.05, 4.69) is 49.7 Å². The second kappa shape index (κ2) is 12.0. The number of nitrogens with zero attached hydrogens (tertiary/aromatic N) is 8. The van der Waals surface area contributed by atoms with E-state index >= 15 is 0 Å². The highest BCUT2D eigenvalue weighted by Gasteiger charge is 2.38. The minimum absolute atomic E-state index is 0.0221. The molecule has 0 spiro atoms. The highest BCUT2D eigenvalue weighted by Crippen LogP contribution is 2.33. The Morgan fingerprint density at radius 3 is 2.72 bits per heavy atom. The van der Waals surface area contributed by atoms with Gasteiger partial charge in [-0.15, -0.1) is 0 Å². The minimum Gasteiger partial charge on any atom is -0.396 e. The molecule has 6 rings (SSSR count). The molecule has 4 aromatic rings. The van der Waals surface area contributed by atoms with Crippen molar-refractivity contribution in [2.45, 2.75) is 31.1 Å². The van der Waals surface area contributed by atoms with E-state index in [-0.39, 0.29) is 17.3 Å². The molecule has 0 unspecified atom stereocenters. The van der Waals surface area contributed by atoms with Crippen molar-refractivity contribution in [2.24, 2.45) is 5.41 Å². The van der Waals surface area contributed by atoms with Crippen molar-refractivity contribution in [3.63, 3.8) is 0 Å². The molecule has 0 radical (unpaired) electrons. The van der Waals surface area contributed by atoms with Crippen LogP contribution in [-0.4, -0.2) is 105 Å². The van der Waals surface area contributed by atoms with Crippen LogP contribution in [0.15, 0.2) is 49.2 Å². The first-order chi connectivity index (χ1) is 20.7. The SMILES string of the molecule is CN(C)CCCn1ccc(-c2cnc(Nc3ccnc(-c4cnn(S(=O)(=O)C5CC5)c4)n3)cc2NCC2(CO)COC2)n1. The Morgan fingerprint density at radius 2 is 2.00 bits per heavy atom. The zero-order valence-electron chi connectivity index (χ0n) is 24.2. The summed E-state index contributed by atoms with van der Waals surface area (Å²) in [5, 5.41) is 25.1. The summed E-state index contributed by atoms with van der Waals surface area (Å²) in [6, 6.07) is 5.56. The molecule has 1 aliphatic heterocycles. The van der Waals surface area contributed by atoms with Gasteiger partial charge in [-0.25, -0.2) is 23.4 Å². The molecule has 228 valence electrons. The first-order valence-corrected chi connectivity index (χ1v) is 15.8. The van der Waals surface area contributed by atoms with E-state index in [0.717, 1.165) is 40.5 Å². The van der Waals surface area contributed by atoms with Gasteiger partial charge in [0.15, 0.2) is 5.82 Å². The van der Waals surface area contributed by atoms with Gasteiger partial charge in [0.05, 0.1) is 54.1 Å². The summed E-state index contributed by atoms with van der Waals surface area (Å²) in [6.07, 6.45) is 10.5. The summed E-state index contributed by atoms with van der Waals surface area (Å²) in [5.41, 5.74) is 2.58. The second-order valence-electron chi connectivity index (χ2n) is 11.5. The highest BCUT2D eigenvalue weighted by atomic mass is 32.2. The summed E-state index contributed by atoms with van der Waals surface area (Å²) in [4.78, 5) is 15.7. The molecule has 2 aliphatic rings. The lowest BCUT2D eigenvalue weighted by atomic mass is 9.87. The van der Waals surface area contributed by atoms with Crippen molar-refractivity contribution >= 4 is 27.3 Å². The van der Waals surface area contributed by atoms with Crippen LogP contribution >= 0.6 is 0 Å². The number of pyridine rings is 1. The monoisotopic (exact) mass is 608 g/mol. The lowest BCUT2D eigenvalue weighted by Crippen LogP contribution is -2.50. The predicted octanol–water partition coefficient (Wildman–Crippen LogP) is 2.05. The maximum absolute atomic E-state index is 12.5. The summed E-state index contributed by atoms with van der Waals surface area (Å²) < 4.78 is 33.4. The van der Waals surface area contributed by atoms with Gasteiger partial charge in [0.1, 0.15) is 11.6 Å². The maximum atomic E-state index is 12.5. The zero-order chi connectivity index (χ0) is 30.0. The number of aryl methyl sites for hydroxylation is 1. The molecule has 43 heavy (non-hydrogen) atoms. The first-order valence-electron chi connectivity index (χ1n) is 14.3. The van der Waals surface area contributed by atoms with E-state index in [1.807, 2.05) is 23.0 Å². The van der Waals surface area contributed by atoms with Gasteiger partial charge in [0.2, 0.25) is 0 Å². The fourth-order valence-corrected chi connectivity index (χ4v) is 6.23. The fraction of sp³-hybridized carbons (Fsp3) is 0.464. The summed E-state index contributed by atoms with van der Waals surface area (Å²) in [7, 11) is 0.628. The smallest absolute Gasteiger partial charge is 0.256 e. The molecule has 0 bridgehead atoms. The molecule has 1 saturated heterocycles. The molecule has 2 fully saturated rings. The number of aliphatic hydroxyl groups excluding tert-OH is 1. The molecule has 5 heterocycles. The minimum atomic E-state index is -3.48. The molecule has 1 saturated carbocycles. The molecular formula is C28H36N10O4S. The molecule has 0 amide bonds. The van der Waals surface area contributed by atoms with Crippen LogP contribution in [0, 0.1) is 5.41 Å². The van der Waals surface area contributed by atoms with Gasteiger partial charge in [-0.2, -0.15) is 14.3 Å². The highest BCUT2D eigenvalue weighted by molar-refractivity contribution is 7.90. The van der Waals surface area contributed by atoms with Crippen molar-refractivity contribution in [1.82, 2.24) is 38.8 Å². The van der Waals surface area contributed by atoms with Crippen LogP contribution in [0.25, 0.3) is 22.6 Å². The number of nitrogens with one attached hydrogen (secondary N) is 2. The average molecular weight is 609 g/mol. The third-order valence-corrected chi connectivity index (χ3v) is 9.59. The summed E-state index contributed by atoms with van der Waals surface area (Å²) >= 11 is 0. The Balaban J connectivity index is 1.23. The van der Waals surface area contributed by atoms with Gasteiger partial charge in [-0.3, -0.25) is 4.68 Å². The Labute approximate surface area is 250 Å². The van der Waals surface area contributed by atoms with Gasteiger partial charge < -0.3 is 25.4 Å². The van der Waals surface area contributed by atoms with Crippen LogP contribution in [0.5, 0.6) is 0 Å². The van der Waals surface area contributed by atoms with Crippen LogP contribution in [-0.2, 0) is 21.3 Å². The van der Waals surface area contributed by atoms with Gasteiger partial charge in [0.25, 0.3) is 10.0 Å². The van der Waals surface area contributed by atoms with Crippen molar-refractivity contribution in [3.05, 3.63) is 49.2 Å². The molecule has 15 heteroatoms. The summed E-state index contributed by atoms with van der Waals surface area (Å²) in [6.45, 7) is 3.31. The van der Waals surface area contributed by atoms with Crippen molar-refractivity contribution in [2.75, 3.05) is 57.6 Å². The van der Waals surface area contributed by atoms with E-state index < -0.39 is 10.0 Å². The predicted molar refractivity (Wildman–Crippen MR) is 161 cm³/mol. The topological polar surface area (TPSA) is 165 Å². The Hall–Kier alpha value is -3.92. The normalized spacial score (nSPS) is 16.3. The van der Waals surface area contributed by atoms with Gasteiger partial charge >= 0.3 is 0 Å². The fourth-order valence-electron chi connectivity index (χ4n) is 4.75. The van der Waals surface area contributed by atoms with Crippen LogP contribution in [0.4, 0.5) is 17.3 Å². The van der Waals surface area contributed by atoms with E-state index in [9.17, 15) is 13.5 Å². The Kier molecular flexibility index (Phi) is 8.13. The summed E-state index contributed by atoms with van der Waals surface area (Å²) in [5.74, 6) is 1.36. The number of hydrogen-bond acceptors (Lipinski definition) is 12. The van der Waals surface area contributed by atoms with E-state index in [4.69, 9.17) is 9.84 Å². The first kappa shape index (κ1) is 29.2. The number of aliphatic hydroxyl groups is 1. The standard InChI is InChI=1S/C28H36N10O4S/c1-36(2)9-3-10-37-11-7-23(35-37)22-14-30-26(12-24(22)31-16-28(17-39)18-42-19-28)33-25-6-8-29-27(34-25)20-13-32-38(15-20)43(40,41)21-4-5-21/h6-8,11-15,21,39H,3-5,9-10,16-19H2,1-2H3,(H2,29,30,31,33,34). The lowest BCUT2D eigenvalue weighted by molar-refractivity contribution is -0.128. The number of ether oxygens (including phenoxy) is 1. The van der Waals surface area contributed by atoms with Crippen LogP contribution in [0.3, 0.4) is 0 Å².